The molecular weight excluding hydrogens is 302 g/mol. The van der Waals surface area contributed by atoms with Crippen LogP contribution in [0.4, 0.5) is 10.5 Å². The first-order valence-corrected chi connectivity index (χ1v) is 7.23. The molecule has 2 rings (SSSR count). The van der Waals surface area contributed by atoms with E-state index in [0.29, 0.717) is 12.1 Å². The number of carboxylic acids is 2. The number of hydrogen-bond donors (Lipinski definition) is 5. The summed E-state index contributed by atoms with van der Waals surface area (Å²) < 4.78 is 0. The van der Waals surface area contributed by atoms with Gasteiger partial charge in [-0.15, -0.1) is 0 Å². The van der Waals surface area contributed by atoms with E-state index < -0.39 is 35.8 Å². The molecule has 4 atom stereocenters. The first-order valence-electron chi connectivity index (χ1n) is 7.23. The maximum absolute atomic E-state index is 11.7. The number of nitrogens with one attached hydrogen (secondary N) is 2. The SMILES string of the molecule is N[C@H](C(=O)O)[C@H]1[C@@H](CCNC(=O)Nc2ccccc2)[C@@H]1C(=O)O. The average Bonchev–Trinajstić information content (AvgIpc) is 3.21. The maximum atomic E-state index is 11.7. The van der Waals surface area contributed by atoms with Gasteiger partial charge in [0.2, 0.25) is 0 Å². The molecule has 1 saturated carbocycles. The minimum atomic E-state index is -1.21. The van der Waals surface area contributed by atoms with E-state index in [1.165, 1.54) is 0 Å². The fraction of sp³-hybridized carbons (Fsp3) is 0.400. The molecule has 23 heavy (non-hydrogen) atoms. The maximum Gasteiger partial charge on any atom is 0.320 e. The van der Waals surface area contributed by atoms with E-state index in [-0.39, 0.29) is 12.5 Å². The van der Waals surface area contributed by atoms with Crippen LogP contribution < -0.4 is 16.4 Å². The minimum absolute atomic E-state index is 0.246. The first-order chi connectivity index (χ1) is 10.9. The zero-order valence-corrected chi connectivity index (χ0v) is 12.3. The lowest BCUT2D eigenvalue weighted by molar-refractivity contribution is -0.140. The molecule has 0 unspecified atom stereocenters. The van der Waals surface area contributed by atoms with Crippen LogP contribution >= 0.6 is 0 Å². The van der Waals surface area contributed by atoms with Crippen molar-refractivity contribution in [2.24, 2.45) is 23.5 Å². The molecule has 1 aromatic rings. The Morgan fingerprint density at radius 2 is 1.83 bits per heavy atom. The third-order valence-corrected chi connectivity index (χ3v) is 4.01. The molecule has 8 heteroatoms. The standard InChI is InChI=1S/C15H19N3O5/c16-12(14(21)22)10-9(11(10)13(19)20)6-7-17-15(23)18-8-4-2-1-3-5-8/h1-5,9-12H,6-7,16H2,(H,19,20)(H,21,22)(H2,17,18,23)/t9-,10+,11+,12+/m1/s1. The third-order valence-electron chi connectivity index (χ3n) is 4.01. The van der Waals surface area contributed by atoms with Gasteiger partial charge in [-0.1, -0.05) is 18.2 Å². The van der Waals surface area contributed by atoms with Crippen molar-refractivity contribution >= 4 is 23.7 Å². The molecule has 2 amide bonds. The number of carboxylic acid groups (broad SMARTS) is 2. The molecular formula is C15H19N3O5. The van der Waals surface area contributed by atoms with Gasteiger partial charge in [-0.3, -0.25) is 9.59 Å². The molecule has 1 aliphatic carbocycles. The normalized spacial score (nSPS) is 23.6. The molecule has 0 radical (unpaired) electrons. The lowest BCUT2D eigenvalue weighted by Crippen LogP contribution is -2.34. The van der Waals surface area contributed by atoms with Crippen LogP contribution in [0.2, 0.25) is 0 Å². The van der Waals surface area contributed by atoms with Gasteiger partial charge in [0.1, 0.15) is 6.04 Å². The van der Waals surface area contributed by atoms with Crippen LogP contribution in [0.1, 0.15) is 6.42 Å². The highest BCUT2D eigenvalue weighted by Gasteiger charge is 2.58. The molecule has 0 heterocycles. The number of anilines is 1. The molecule has 0 bridgehead atoms. The highest BCUT2D eigenvalue weighted by Crippen LogP contribution is 2.50. The van der Waals surface area contributed by atoms with Gasteiger partial charge in [0, 0.05) is 18.2 Å². The molecule has 0 spiro atoms. The van der Waals surface area contributed by atoms with Gasteiger partial charge in [-0.25, -0.2) is 4.79 Å². The van der Waals surface area contributed by atoms with Gasteiger partial charge in [0.25, 0.3) is 0 Å². The fourth-order valence-electron chi connectivity index (χ4n) is 2.82. The Bertz CT molecular complexity index is 592. The Morgan fingerprint density at radius 3 is 2.39 bits per heavy atom. The average molecular weight is 321 g/mol. The number of rotatable bonds is 7. The Hall–Kier alpha value is -2.61. The number of amides is 2. The summed E-state index contributed by atoms with van der Waals surface area (Å²) in [5.41, 5.74) is 6.16. The lowest BCUT2D eigenvalue weighted by Gasteiger charge is -2.08. The van der Waals surface area contributed by atoms with Crippen molar-refractivity contribution in [3.8, 4) is 0 Å². The van der Waals surface area contributed by atoms with Crippen LogP contribution in [0.25, 0.3) is 0 Å². The largest absolute Gasteiger partial charge is 0.481 e. The van der Waals surface area contributed by atoms with Gasteiger partial charge in [0.05, 0.1) is 5.92 Å². The van der Waals surface area contributed by atoms with E-state index in [4.69, 9.17) is 15.9 Å². The van der Waals surface area contributed by atoms with Crippen LogP contribution in [0.5, 0.6) is 0 Å². The van der Waals surface area contributed by atoms with E-state index >= 15 is 0 Å². The molecule has 8 nitrogen and oxygen atoms in total. The summed E-state index contributed by atoms with van der Waals surface area (Å²) in [5.74, 6) is -3.95. The van der Waals surface area contributed by atoms with E-state index in [1.54, 1.807) is 24.3 Å². The summed E-state index contributed by atoms with van der Waals surface area (Å²) in [5, 5.41) is 23.2. The Balaban J connectivity index is 1.78. The Labute approximate surface area is 132 Å². The first kappa shape index (κ1) is 16.8. The zero-order chi connectivity index (χ0) is 17.0. The van der Waals surface area contributed by atoms with Gasteiger partial charge < -0.3 is 26.6 Å². The topological polar surface area (TPSA) is 142 Å². The molecule has 124 valence electrons. The minimum Gasteiger partial charge on any atom is -0.481 e. The van der Waals surface area contributed by atoms with E-state index in [9.17, 15) is 14.4 Å². The highest BCUT2D eigenvalue weighted by atomic mass is 16.4. The Morgan fingerprint density at radius 1 is 1.17 bits per heavy atom. The van der Waals surface area contributed by atoms with Crippen molar-refractivity contribution in [3.63, 3.8) is 0 Å². The summed E-state index contributed by atoms with van der Waals surface area (Å²) in [6, 6.07) is 7.28. The smallest absolute Gasteiger partial charge is 0.320 e. The van der Waals surface area contributed by atoms with Gasteiger partial charge in [-0.05, 0) is 24.5 Å². The van der Waals surface area contributed by atoms with Crippen molar-refractivity contribution < 1.29 is 24.6 Å². The number of urea groups is 1. The van der Waals surface area contributed by atoms with E-state index in [1.807, 2.05) is 6.07 Å². The number of carbonyl (C=O) groups is 3. The quantitative estimate of drug-likeness (QED) is 0.496. The molecule has 1 aliphatic rings. The van der Waals surface area contributed by atoms with Crippen molar-refractivity contribution in [2.45, 2.75) is 12.5 Å². The number of aliphatic carboxylic acids is 2. The molecule has 0 aromatic heterocycles. The highest BCUT2D eigenvalue weighted by molar-refractivity contribution is 5.89. The summed E-state index contributed by atoms with van der Waals surface area (Å²) in [6.07, 6.45) is 0.366. The molecule has 0 aliphatic heterocycles. The second kappa shape index (κ2) is 7.10. The van der Waals surface area contributed by atoms with Crippen LogP contribution in [0, 0.1) is 17.8 Å². The number of nitrogens with two attached hydrogens (primary N) is 1. The fourth-order valence-corrected chi connectivity index (χ4v) is 2.82. The predicted octanol–water partition coefficient (Wildman–Crippen LogP) is 0.557. The van der Waals surface area contributed by atoms with Gasteiger partial charge in [-0.2, -0.15) is 0 Å². The van der Waals surface area contributed by atoms with E-state index in [2.05, 4.69) is 10.6 Å². The van der Waals surface area contributed by atoms with E-state index in [0.717, 1.165) is 0 Å². The monoisotopic (exact) mass is 321 g/mol. The van der Waals surface area contributed by atoms with Crippen LogP contribution in [-0.4, -0.2) is 40.8 Å². The second-order valence-electron chi connectivity index (χ2n) is 5.50. The summed E-state index contributed by atoms with van der Waals surface area (Å²) in [6.45, 7) is 0.246. The molecule has 1 fully saturated rings. The number of carbonyl (C=O) groups excluding carboxylic acids is 1. The summed E-state index contributed by atoms with van der Waals surface area (Å²) in [7, 11) is 0. The summed E-state index contributed by atoms with van der Waals surface area (Å²) >= 11 is 0. The van der Waals surface area contributed by atoms with Crippen LogP contribution in [0.15, 0.2) is 30.3 Å². The van der Waals surface area contributed by atoms with Crippen molar-refractivity contribution in [2.75, 3.05) is 11.9 Å². The zero-order valence-electron chi connectivity index (χ0n) is 12.3. The second-order valence-corrected chi connectivity index (χ2v) is 5.50. The Kier molecular flexibility index (Phi) is 5.17. The van der Waals surface area contributed by atoms with Crippen molar-refractivity contribution in [3.05, 3.63) is 30.3 Å². The van der Waals surface area contributed by atoms with Crippen LogP contribution in [-0.2, 0) is 9.59 Å². The number of hydrogen-bond acceptors (Lipinski definition) is 4. The number of benzene rings is 1. The van der Waals surface area contributed by atoms with Crippen molar-refractivity contribution in [1.29, 1.82) is 0 Å². The number of para-hydroxylation sites is 1. The van der Waals surface area contributed by atoms with Gasteiger partial charge >= 0.3 is 18.0 Å². The summed E-state index contributed by atoms with van der Waals surface area (Å²) in [4.78, 5) is 33.7. The van der Waals surface area contributed by atoms with Crippen LogP contribution in [0.3, 0.4) is 0 Å². The molecule has 0 saturated heterocycles. The predicted molar refractivity (Wildman–Crippen MR) is 81.8 cm³/mol. The molecule has 1 aromatic carbocycles. The third kappa shape index (κ3) is 4.19. The lowest BCUT2D eigenvalue weighted by atomic mass is 10.1. The molecule has 6 N–H and O–H groups in total. The van der Waals surface area contributed by atoms with Crippen molar-refractivity contribution in [1.82, 2.24) is 5.32 Å². The van der Waals surface area contributed by atoms with Gasteiger partial charge in [0.15, 0.2) is 0 Å².